The average Bonchev–Trinajstić information content (AvgIpc) is 3.28. The summed E-state index contributed by atoms with van der Waals surface area (Å²) in [5.41, 5.74) is 1.83. The first-order chi connectivity index (χ1) is 13.6. The number of amides is 1. The minimum Gasteiger partial charge on any atom is -0.494 e. The summed E-state index contributed by atoms with van der Waals surface area (Å²) in [4.78, 5) is 13.6. The predicted molar refractivity (Wildman–Crippen MR) is 115 cm³/mol. The van der Waals surface area contributed by atoms with Crippen LogP contribution in [0.4, 0.5) is 5.69 Å². The van der Waals surface area contributed by atoms with Gasteiger partial charge < -0.3 is 14.6 Å². The normalized spacial score (nSPS) is 10.8. The minimum absolute atomic E-state index is 0.0758. The topological polar surface area (TPSA) is 69.0 Å². The molecule has 2 heterocycles. The van der Waals surface area contributed by atoms with Crippen LogP contribution in [0.15, 0.2) is 40.9 Å². The Kier molecular flexibility index (Phi) is 7.11. The van der Waals surface area contributed by atoms with Gasteiger partial charge in [0.2, 0.25) is 5.91 Å². The van der Waals surface area contributed by atoms with E-state index in [-0.39, 0.29) is 11.7 Å². The smallest absolute Gasteiger partial charge is 0.234 e. The molecule has 0 radical (unpaired) electrons. The molecule has 0 fully saturated rings. The molecule has 1 N–H and O–H groups in total. The molecule has 3 aromatic rings. The fourth-order valence-electron chi connectivity index (χ4n) is 2.72. The van der Waals surface area contributed by atoms with Gasteiger partial charge in [0.05, 0.1) is 12.4 Å². The van der Waals surface area contributed by atoms with E-state index in [1.54, 1.807) is 11.3 Å². The van der Waals surface area contributed by atoms with Crippen LogP contribution in [-0.2, 0) is 11.3 Å². The molecule has 1 amide bonds. The van der Waals surface area contributed by atoms with Gasteiger partial charge in [0.25, 0.3) is 0 Å². The van der Waals surface area contributed by atoms with Crippen molar-refractivity contribution in [1.29, 1.82) is 0 Å². The molecule has 8 heteroatoms. The molecule has 0 atom stereocenters. The maximum Gasteiger partial charge on any atom is 0.234 e. The number of ether oxygens (including phenoxy) is 1. The summed E-state index contributed by atoms with van der Waals surface area (Å²) in [7, 11) is 0. The molecule has 0 unspecified atom stereocenters. The minimum atomic E-state index is -0.0758. The molecule has 0 saturated carbocycles. The van der Waals surface area contributed by atoms with Gasteiger partial charge in [-0.1, -0.05) is 18.7 Å². The molecular weight excluding hydrogens is 392 g/mol. The zero-order chi connectivity index (χ0) is 19.9. The first kappa shape index (κ1) is 20.4. The number of anilines is 1. The van der Waals surface area contributed by atoms with E-state index in [0.29, 0.717) is 6.61 Å². The Morgan fingerprint density at radius 2 is 2.04 bits per heavy atom. The summed E-state index contributed by atoms with van der Waals surface area (Å²) in [5.74, 6) is 1.85. The molecule has 28 heavy (non-hydrogen) atoms. The monoisotopic (exact) mass is 416 g/mol. The first-order valence-corrected chi connectivity index (χ1v) is 11.1. The standard InChI is InChI=1S/C20H24N4O2S2/c1-4-10-24-19(15-11-14(3)27-12-15)22-23-20(24)28-13-18(25)21-16-6-8-17(9-7-16)26-5-2/h6-9,11-12H,4-5,10,13H2,1-3H3,(H,21,25). The number of carbonyl (C=O) groups is 1. The summed E-state index contributed by atoms with van der Waals surface area (Å²) in [6.07, 6.45) is 0.972. The van der Waals surface area contributed by atoms with E-state index in [1.807, 2.05) is 31.2 Å². The SMILES string of the molecule is CCCn1c(SCC(=O)Nc2ccc(OCC)cc2)nnc1-c1csc(C)c1. The summed E-state index contributed by atoms with van der Waals surface area (Å²) in [6, 6.07) is 9.49. The lowest BCUT2D eigenvalue weighted by Crippen LogP contribution is -2.14. The van der Waals surface area contributed by atoms with Crippen molar-refractivity contribution >= 4 is 34.7 Å². The molecule has 1 aromatic carbocycles. The highest BCUT2D eigenvalue weighted by molar-refractivity contribution is 7.99. The van der Waals surface area contributed by atoms with E-state index in [9.17, 15) is 4.79 Å². The van der Waals surface area contributed by atoms with Gasteiger partial charge in [0, 0.05) is 28.1 Å². The third-order valence-corrected chi connectivity index (χ3v) is 5.76. The van der Waals surface area contributed by atoms with Gasteiger partial charge in [-0.05, 0) is 50.6 Å². The highest BCUT2D eigenvalue weighted by atomic mass is 32.2. The van der Waals surface area contributed by atoms with Gasteiger partial charge in [0.15, 0.2) is 11.0 Å². The highest BCUT2D eigenvalue weighted by Crippen LogP contribution is 2.28. The van der Waals surface area contributed by atoms with Gasteiger partial charge in [-0.25, -0.2) is 0 Å². The second-order valence-electron chi connectivity index (χ2n) is 6.20. The summed E-state index contributed by atoms with van der Waals surface area (Å²) in [6.45, 7) is 7.58. The number of nitrogens with one attached hydrogen (secondary N) is 1. The van der Waals surface area contributed by atoms with Crippen LogP contribution in [0.2, 0.25) is 0 Å². The molecular formula is C20H24N4O2S2. The van der Waals surface area contributed by atoms with Crippen LogP contribution in [0.1, 0.15) is 25.1 Å². The molecule has 0 aliphatic carbocycles. The largest absolute Gasteiger partial charge is 0.494 e. The van der Waals surface area contributed by atoms with Crippen LogP contribution in [0.25, 0.3) is 11.4 Å². The van der Waals surface area contributed by atoms with Crippen LogP contribution in [0.3, 0.4) is 0 Å². The van der Waals surface area contributed by atoms with Gasteiger partial charge in [0.1, 0.15) is 5.75 Å². The third kappa shape index (κ3) is 5.14. The van der Waals surface area contributed by atoms with Crippen LogP contribution in [0, 0.1) is 6.92 Å². The van der Waals surface area contributed by atoms with Gasteiger partial charge >= 0.3 is 0 Å². The number of hydrogen-bond donors (Lipinski definition) is 1. The van der Waals surface area contributed by atoms with Crippen LogP contribution >= 0.6 is 23.1 Å². The number of carbonyl (C=O) groups excluding carboxylic acids is 1. The maximum atomic E-state index is 12.3. The van der Waals surface area contributed by atoms with Gasteiger partial charge in [-0.15, -0.1) is 21.5 Å². The molecule has 0 bridgehead atoms. The van der Waals surface area contributed by atoms with Crippen molar-refractivity contribution in [3.63, 3.8) is 0 Å². The van der Waals surface area contributed by atoms with E-state index in [4.69, 9.17) is 4.74 Å². The van der Waals surface area contributed by atoms with Crippen molar-refractivity contribution in [2.75, 3.05) is 17.7 Å². The predicted octanol–water partition coefficient (Wildman–Crippen LogP) is 4.85. The summed E-state index contributed by atoms with van der Waals surface area (Å²) < 4.78 is 7.51. The van der Waals surface area contributed by atoms with E-state index in [1.165, 1.54) is 16.6 Å². The van der Waals surface area contributed by atoms with E-state index in [2.05, 4.69) is 45.4 Å². The molecule has 2 aromatic heterocycles. The lowest BCUT2D eigenvalue weighted by molar-refractivity contribution is -0.113. The number of thioether (sulfide) groups is 1. The molecule has 3 rings (SSSR count). The second-order valence-corrected chi connectivity index (χ2v) is 8.26. The summed E-state index contributed by atoms with van der Waals surface area (Å²) >= 11 is 3.10. The molecule has 0 aliphatic rings. The highest BCUT2D eigenvalue weighted by Gasteiger charge is 2.16. The Labute approximate surface area is 173 Å². The Morgan fingerprint density at radius 1 is 1.25 bits per heavy atom. The number of rotatable bonds is 9. The van der Waals surface area contributed by atoms with Gasteiger partial charge in [-0.2, -0.15) is 0 Å². The molecule has 148 valence electrons. The van der Waals surface area contributed by atoms with Crippen molar-refractivity contribution in [3.05, 3.63) is 40.6 Å². The van der Waals surface area contributed by atoms with E-state index >= 15 is 0 Å². The Morgan fingerprint density at radius 3 is 2.68 bits per heavy atom. The van der Waals surface area contributed by atoms with E-state index < -0.39 is 0 Å². The van der Waals surface area contributed by atoms with Crippen LogP contribution < -0.4 is 10.1 Å². The van der Waals surface area contributed by atoms with Crippen molar-refractivity contribution in [3.8, 4) is 17.1 Å². The van der Waals surface area contributed by atoms with Crippen molar-refractivity contribution in [1.82, 2.24) is 14.8 Å². The van der Waals surface area contributed by atoms with Crippen LogP contribution in [0.5, 0.6) is 5.75 Å². The molecule has 6 nitrogen and oxygen atoms in total. The zero-order valence-electron chi connectivity index (χ0n) is 16.3. The van der Waals surface area contributed by atoms with Crippen molar-refractivity contribution in [2.45, 2.75) is 38.9 Å². The third-order valence-electron chi connectivity index (χ3n) is 3.93. The van der Waals surface area contributed by atoms with Gasteiger partial charge in [-0.3, -0.25) is 4.79 Å². The maximum absolute atomic E-state index is 12.3. The first-order valence-electron chi connectivity index (χ1n) is 9.25. The average molecular weight is 417 g/mol. The number of hydrogen-bond acceptors (Lipinski definition) is 6. The number of nitrogens with zero attached hydrogens (tertiary/aromatic N) is 3. The number of benzene rings is 1. The fraction of sp³-hybridized carbons (Fsp3) is 0.350. The fourth-order valence-corrected chi connectivity index (χ4v) is 4.17. The number of thiophene rings is 1. The van der Waals surface area contributed by atoms with Crippen molar-refractivity contribution in [2.24, 2.45) is 0 Å². The summed E-state index contributed by atoms with van der Waals surface area (Å²) in [5, 5.41) is 14.4. The number of aromatic nitrogens is 3. The quantitative estimate of drug-likeness (QED) is 0.505. The lowest BCUT2D eigenvalue weighted by Gasteiger charge is -2.09. The molecule has 0 aliphatic heterocycles. The zero-order valence-corrected chi connectivity index (χ0v) is 17.9. The van der Waals surface area contributed by atoms with Crippen molar-refractivity contribution < 1.29 is 9.53 Å². The Hall–Kier alpha value is -2.32. The van der Waals surface area contributed by atoms with E-state index in [0.717, 1.165) is 40.9 Å². The number of aryl methyl sites for hydroxylation is 1. The Bertz CT molecular complexity index is 919. The molecule has 0 saturated heterocycles. The Balaban J connectivity index is 1.63. The van der Waals surface area contributed by atoms with Crippen LogP contribution in [-0.4, -0.2) is 33.0 Å². The lowest BCUT2D eigenvalue weighted by atomic mass is 10.3. The second kappa shape index (κ2) is 9.75. The molecule has 0 spiro atoms.